The second-order valence-corrected chi connectivity index (χ2v) is 3.50. The van der Waals surface area contributed by atoms with Crippen LogP contribution in [-0.2, 0) is 0 Å². The van der Waals surface area contributed by atoms with Crippen LogP contribution in [-0.4, -0.2) is 16.2 Å². The lowest BCUT2D eigenvalue weighted by Gasteiger charge is -2.19. The Balaban J connectivity index is 2.88. The van der Waals surface area contributed by atoms with E-state index in [1.807, 2.05) is 26.1 Å². The van der Waals surface area contributed by atoms with Crippen molar-refractivity contribution < 1.29 is 5.11 Å². The molecule has 2 nitrogen and oxygen atoms in total. The van der Waals surface area contributed by atoms with Crippen molar-refractivity contribution in [2.75, 3.05) is 0 Å². The average Bonchev–Trinajstić information content (AvgIpc) is 2.16. The number of nitrogens with zero attached hydrogens (tertiary/aromatic N) is 1. The highest BCUT2D eigenvalue weighted by Gasteiger charge is 2.15. The highest BCUT2D eigenvalue weighted by atomic mass is 16.3. The van der Waals surface area contributed by atoms with Crippen molar-refractivity contribution >= 4 is 0 Å². The molecular weight excluding hydrogens is 162 g/mol. The molecule has 1 heterocycles. The van der Waals surface area contributed by atoms with Gasteiger partial charge in [0, 0.05) is 18.3 Å². The molecule has 0 aliphatic heterocycles. The topological polar surface area (TPSA) is 33.1 Å². The highest BCUT2D eigenvalue weighted by molar-refractivity contribution is 5.26. The smallest absolute Gasteiger partial charge is 0.0603 e. The van der Waals surface area contributed by atoms with Crippen LogP contribution in [0.3, 0.4) is 0 Å². The summed E-state index contributed by atoms with van der Waals surface area (Å²) in [4.78, 5) is 4.03. The Morgan fingerprint density at radius 1 is 1.54 bits per heavy atom. The third-order valence-electron chi connectivity index (χ3n) is 2.55. The van der Waals surface area contributed by atoms with Crippen molar-refractivity contribution in [1.29, 1.82) is 0 Å². The van der Waals surface area contributed by atoms with Crippen LogP contribution in [0.5, 0.6) is 0 Å². The molecule has 2 unspecified atom stereocenters. The molecule has 0 spiro atoms. The number of aryl methyl sites for hydroxylation is 1. The molecule has 0 bridgehead atoms. The van der Waals surface area contributed by atoms with Crippen molar-refractivity contribution in [1.82, 2.24) is 4.98 Å². The largest absolute Gasteiger partial charge is 0.393 e. The first-order chi connectivity index (χ1) is 6.16. The van der Waals surface area contributed by atoms with Crippen molar-refractivity contribution in [3.63, 3.8) is 0 Å². The zero-order valence-electron chi connectivity index (χ0n) is 8.49. The van der Waals surface area contributed by atoms with Crippen molar-refractivity contribution in [3.05, 3.63) is 29.6 Å². The van der Waals surface area contributed by atoms with Crippen LogP contribution in [0.25, 0.3) is 0 Å². The molecule has 1 N–H and O–H groups in total. The first-order valence-corrected chi connectivity index (χ1v) is 4.75. The molecule has 0 aliphatic rings. The van der Waals surface area contributed by atoms with E-state index < -0.39 is 0 Å². The van der Waals surface area contributed by atoms with E-state index >= 15 is 0 Å². The van der Waals surface area contributed by atoms with Gasteiger partial charge in [-0.2, -0.15) is 0 Å². The maximum atomic E-state index is 9.68. The molecule has 0 amide bonds. The second kappa shape index (κ2) is 4.38. The quantitative estimate of drug-likeness (QED) is 0.772. The Bertz CT molecular complexity index is 273. The van der Waals surface area contributed by atoms with E-state index in [1.165, 1.54) is 5.56 Å². The third-order valence-corrected chi connectivity index (χ3v) is 2.55. The third kappa shape index (κ3) is 2.28. The maximum absolute atomic E-state index is 9.68. The number of pyridine rings is 1. The molecule has 0 aromatic carbocycles. The van der Waals surface area contributed by atoms with Gasteiger partial charge in [0.05, 0.1) is 6.10 Å². The summed E-state index contributed by atoms with van der Waals surface area (Å²) in [6.07, 6.45) is 4.17. The van der Waals surface area contributed by atoms with Gasteiger partial charge in [0.2, 0.25) is 0 Å². The lowest BCUT2D eigenvalue weighted by Crippen LogP contribution is -2.15. The zero-order chi connectivity index (χ0) is 9.84. The summed E-state index contributed by atoms with van der Waals surface area (Å²) in [6.45, 7) is 6.08. The molecule has 0 saturated heterocycles. The SMILES string of the molecule is CCC(O)C(C)c1ccncc1C. The number of aromatic nitrogens is 1. The maximum Gasteiger partial charge on any atom is 0.0603 e. The first kappa shape index (κ1) is 10.2. The van der Waals surface area contributed by atoms with Gasteiger partial charge >= 0.3 is 0 Å². The van der Waals surface area contributed by atoms with E-state index in [4.69, 9.17) is 0 Å². The van der Waals surface area contributed by atoms with Gasteiger partial charge in [-0.15, -0.1) is 0 Å². The molecule has 72 valence electrons. The van der Waals surface area contributed by atoms with Gasteiger partial charge in [0.15, 0.2) is 0 Å². The summed E-state index contributed by atoms with van der Waals surface area (Å²) in [5.74, 6) is 0.202. The molecule has 13 heavy (non-hydrogen) atoms. The predicted octanol–water partition coefficient (Wildman–Crippen LogP) is 2.26. The van der Waals surface area contributed by atoms with Crippen molar-refractivity contribution in [2.24, 2.45) is 0 Å². The van der Waals surface area contributed by atoms with Gasteiger partial charge in [-0.3, -0.25) is 4.98 Å². The van der Waals surface area contributed by atoms with E-state index in [2.05, 4.69) is 11.9 Å². The summed E-state index contributed by atoms with van der Waals surface area (Å²) in [5, 5.41) is 9.68. The predicted molar refractivity (Wildman–Crippen MR) is 53.7 cm³/mol. The minimum absolute atomic E-state index is 0.202. The van der Waals surface area contributed by atoms with Crippen LogP contribution in [0, 0.1) is 6.92 Å². The van der Waals surface area contributed by atoms with Crippen LogP contribution in [0.15, 0.2) is 18.5 Å². The van der Waals surface area contributed by atoms with Gasteiger partial charge in [-0.1, -0.05) is 13.8 Å². The fourth-order valence-electron chi connectivity index (χ4n) is 1.56. The minimum atomic E-state index is -0.249. The fraction of sp³-hybridized carbons (Fsp3) is 0.545. The molecule has 1 rings (SSSR count). The summed E-state index contributed by atoms with van der Waals surface area (Å²) < 4.78 is 0. The zero-order valence-corrected chi connectivity index (χ0v) is 8.49. The lowest BCUT2D eigenvalue weighted by atomic mass is 9.92. The summed E-state index contributed by atoms with van der Waals surface area (Å²) in [7, 11) is 0. The van der Waals surface area contributed by atoms with Crippen LogP contribution < -0.4 is 0 Å². The molecule has 0 fully saturated rings. The Hall–Kier alpha value is -0.890. The Morgan fingerprint density at radius 3 is 2.77 bits per heavy atom. The average molecular weight is 179 g/mol. The molecule has 1 aromatic heterocycles. The molecule has 0 radical (unpaired) electrons. The van der Waals surface area contributed by atoms with Crippen molar-refractivity contribution in [2.45, 2.75) is 39.2 Å². The normalized spacial score (nSPS) is 15.4. The highest BCUT2D eigenvalue weighted by Crippen LogP contribution is 2.23. The van der Waals surface area contributed by atoms with Crippen LogP contribution in [0.2, 0.25) is 0 Å². The summed E-state index contributed by atoms with van der Waals surface area (Å²) in [6, 6.07) is 1.98. The number of aliphatic hydroxyl groups is 1. The van der Waals surface area contributed by atoms with Crippen LogP contribution >= 0.6 is 0 Å². The fourth-order valence-corrected chi connectivity index (χ4v) is 1.56. The Kier molecular flexibility index (Phi) is 3.43. The molecule has 2 heteroatoms. The molecule has 2 atom stereocenters. The van der Waals surface area contributed by atoms with E-state index in [9.17, 15) is 5.11 Å². The van der Waals surface area contributed by atoms with Gasteiger partial charge in [-0.25, -0.2) is 0 Å². The van der Waals surface area contributed by atoms with Crippen LogP contribution in [0.4, 0.5) is 0 Å². The van der Waals surface area contributed by atoms with E-state index in [-0.39, 0.29) is 12.0 Å². The Labute approximate surface area is 79.6 Å². The van der Waals surface area contributed by atoms with Crippen molar-refractivity contribution in [3.8, 4) is 0 Å². The standard InChI is InChI=1S/C11H17NO/c1-4-11(13)9(3)10-5-6-12-7-8(10)2/h5-7,9,11,13H,4H2,1-3H3. The summed E-state index contributed by atoms with van der Waals surface area (Å²) >= 11 is 0. The van der Waals surface area contributed by atoms with Crippen LogP contribution in [0.1, 0.15) is 37.3 Å². The number of aliphatic hydroxyl groups excluding tert-OH is 1. The monoisotopic (exact) mass is 179 g/mol. The van der Waals surface area contributed by atoms with Gasteiger partial charge in [-0.05, 0) is 30.5 Å². The molecule has 0 saturated carbocycles. The lowest BCUT2D eigenvalue weighted by molar-refractivity contribution is 0.145. The van der Waals surface area contributed by atoms with Gasteiger partial charge < -0.3 is 5.11 Å². The van der Waals surface area contributed by atoms with Gasteiger partial charge in [0.25, 0.3) is 0 Å². The Morgan fingerprint density at radius 2 is 2.23 bits per heavy atom. The van der Waals surface area contributed by atoms with E-state index in [1.54, 1.807) is 6.20 Å². The first-order valence-electron chi connectivity index (χ1n) is 4.75. The van der Waals surface area contributed by atoms with E-state index in [0.717, 1.165) is 12.0 Å². The minimum Gasteiger partial charge on any atom is -0.393 e. The second-order valence-electron chi connectivity index (χ2n) is 3.50. The summed E-state index contributed by atoms with van der Waals surface area (Å²) in [5.41, 5.74) is 2.35. The van der Waals surface area contributed by atoms with E-state index in [0.29, 0.717) is 0 Å². The number of hydrogen-bond donors (Lipinski definition) is 1. The molecular formula is C11H17NO. The number of hydrogen-bond acceptors (Lipinski definition) is 2. The molecule has 1 aromatic rings. The van der Waals surface area contributed by atoms with Gasteiger partial charge in [0.1, 0.15) is 0 Å². The molecule has 0 aliphatic carbocycles. The number of rotatable bonds is 3.